The molecule has 1 heterocycles. The fraction of sp³-hybridized carbons (Fsp3) is 0.500. The van der Waals surface area contributed by atoms with E-state index in [0.717, 1.165) is 43.2 Å². The van der Waals surface area contributed by atoms with Crippen LogP contribution in [0.1, 0.15) is 19.4 Å². The molecule has 2 aromatic rings. The van der Waals surface area contributed by atoms with E-state index in [4.69, 9.17) is 9.47 Å². The number of rotatable bonds is 11. The third-order valence-corrected chi connectivity index (χ3v) is 5.94. The Bertz CT molecular complexity index is 838. The summed E-state index contributed by atoms with van der Waals surface area (Å²) in [5.41, 5.74) is 1.76. The predicted molar refractivity (Wildman–Crippen MR) is 133 cm³/mol. The summed E-state index contributed by atoms with van der Waals surface area (Å²) in [6.07, 6.45) is 0. The molecule has 0 aromatic heterocycles. The van der Waals surface area contributed by atoms with E-state index >= 15 is 0 Å². The first-order chi connectivity index (χ1) is 16.0. The molecule has 0 bridgehead atoms. The highest BCUT2D eigenvalue weighted by Gasteiger charge is 2.25. The first-order valence-corrected chi connectivity index (χ1v) is 11.8. The van der Waals surface area contributed by atoms with Gasteiger partial charge in [-0.1, -0.05) is 44.2 Å². The molecule has 1 aliphatic heterocycles. The summed E-state index contributed by atoms with van der Waals surface area (Å²) >= 11 is 0. The lowest BCUT2D eigenvalue weighted by Crippen LogP contribution is -2.54. The second-order valence-electron chi connectivity index (χ2n) is 8.90. The Morgan fingerprint density at radius 2 is 1.76 bits per heavy atom. The van der Waals surface area contributed by atoms with Gasteiger partial charge in [-0.3, -0.25) is 4.90 Å². The Labute approximate surface area is 198 Å². The molecule has 1 atom stereocenters. The summed E-state index contributed by atoms with van der Waals surface area (Å²) in [6.45, 7) is 10.8. The van der Waals surface area contributed by atoms with Gasteiger partial charge in [-0.25, -0.2) is 4.79 Å². The van der Waals surface area contributed by atoms with Gasteiger partial charge < -0.3 is 25.0 Å². The van der Waals surface area contributed by atoms with Crippen molar-refractivity contribution < 1.29 is 14.3 Å². The zero-order valence-corrected chi connectivity index (χ0v) is 20.1. The van der Waals surface area contributed by atoms with Crippen molar-refractivity contribution in [3.63, 3.8) is 0 Å². The Hall–Kier alpha value is -2.61. The first kappa shape index (κ1) is 25.0. The van der Waals surface area contributed by atoms with Gasteiger partial charge in [0.05, 0.1) is 13.2 Å². The van der Waals surface area contributed by atoms with Gasteiger partial charge in [-0.15, -0.1) is 0 Å². The number of piperazine rings is 1. The van der Waals surface area contributed by atoms with E-state index in [1.165, 1.54) is 0 Å². The zero-order chi connectivity index (χ0) is 23.5. The van der Waals surface area contributed by atoms with E-state index in [2.05, 4.69) is 41.3 Å². The second-order valence-corrected chi connectivity index (χ2v) is 8.90. The maximum absolute atomic E-state index is 12.5. The average Bonchev–Trinajstić information content (AvgIpc) is 2.81. The fourth-order valence-corrected chi connectivity index (χ4v) is 3.98. The van der Waals surface area contributed by atoms with E-state index < -0.39 is 0 Å². The van der Waals surface area contributed by atoms with Gasteiger partial charge in [-0.2, -0.15) is 0 Å². The molecule has 0 aliphatic carbocycles. The lowest BCUT2D eigenvalue weighted by atomic mass is 10.0. The molecular weight excluding hydrogens is 416 g/mol. The minimum atomic E-state index is -0.177. The van der Waals surface area contributed by atoms with Crippen molar-refractivity contribution in [3.05, 3.63) is 60.2 Å². The summed E-state index contributed by atoms with van der Waals surface area (Å²) in [5, 5.41) is 6.02. The SMILES string of the molecule is CC(C)C(CNC(=O)Nc1cccc(COCCOc2ccccc2)c1)N1CCN(C)CC1. The number of hydrogen-bond acceptors (Lipinski definition) is 5. The van der Waals surface area contributed by atoms with Gasteiger partial charge in [0.2, 0.25) is 0 Å². The molecule has 0 saturated carbocycles. The van der Waals surface area contributed by atoms with Crippen LogP contribution in [0.15, 0.2) is 54.6 Å². The summed E-state index contributed by atoms with van der Waals surface area (Å²) in [6, 6.07) is 17.6. The smallest absolute Gasteiger partial charge is 0.319 e. The number of urea groups is 1. The van der Waals surface area contributed by atoms with Crippen molar-refractivity contribution in [3.8, 4) is 5.75 Å². The van der Waals surface area contributed by atoms with E-state index in [1.54, 1.807) is 0 Å². The van der Waals surface area contributed by atoms with Gasteiger partial charge in [0.15, 0.2) is 0 Å². The normalized spacial score (nSPS) is 15.9. The largest absolute Gasteiger partial charge is 0.491 e. The van der Waals surface area contributed by atoms with Crippen molar-refractivity contribution in [2.24, 2.45) is 5.92 Å². The third kappa shape index (κ3) is 8.68. The molecule has 180 valence electrons. The monoisotopic (exact) mass is 454 g/mol. The molecule has 1 unspecified atom stereocenters. The van der Waals surface area contributed by atoms with Gasteiger partial charge in [0.1, 0.15) is 12.4 Å². The standard InChI is InChI=1S/C26H38N4O3/c1-21(2)25(30-14-12-29(3)13-15-30)19-27-26(31)28-23-9-7-8-22(18-23)20-32-16-17-33-24-10-5-4-6-11-24/h4-11,18,21,25H,12-17,19-20H2,1-3H3,(H2,27,28,31). The highest BCUT2D eigenvalue weighted by atomic mass is 16.5. The molecular formula is C26H38N4O3. The average molecular weight is 455 g/mol. The van der Waals surface area contributed by atoms with Gasteiger partial charge >= 0.3 is 6.03 Å². The minimum Gasteiger partial charge on any atom is -0.491 e. The van der Waals surface area contributed by atoms with E-state index in [0.29, 0.717) is 38.3 Å². The van der Waals surface area contributed by atoms with Crippen LogP contribution in [-0.2, 0) is 11.3 Å². The Kier molecular flexibility index (Phi) is 10.00. The van der Waals surface area contributed by atoms with Crippen LogP contribution in [0.2, 0.25) is 0 Å². The van der Waals surface area contributed by atoms with Crippen LogP contribution < -0.4 is 15.4 Å². The highest BCUT2D eigenvalue weighted by molar-refractivity contribution is 5.89. The van der Waals surface area contributed by atoms with Crippen molar-refractivity contribution in [2.75, 3.05) is 58.3 Å². The van der Waals surface area contributed by atoms with Gasteiger partial charge in [0, 0.05) is 44.5 Å². The molecule has 0 spiro atoms. The number of nitrogens with zero attached hydrogens (tertiary/aromatic N) is 2. The summed E-state index contributed by atoms with van der Waals surface area (Å²) in [4.78, 5) is 17.4. The molecule has 2 amide bonds. The molecule has 2 N–H and O–H groups in total. The zero-order valence-electron chi connectivity index (χ0n) is 20.1. The van der Waals surface area contributed by atoms with Gasteiger partial charge in [0.25, 0.3) is 0 Å². The molecule has 1 aliphatic rings. The summed E-state index contributed by atoms with van der Waals surface area (Å²) in [5.74, 6) is 1.31. The predicted octanol–water partition coefficient (Wildman–Crippen LogP) is 3.68. The molecule has 2 aromatic carbocycles. The Morgan fingerprint density at radius 3 is 2.48 bits per heavy atom. The molecule has 33 heavy (non-hydrogen) atoms. The first-order valence-electron chi connectivity index (χ1n) is 11.8. The highest BCUT2D eigenvalue weighted by Crippen LogP contribution is 2.14. The number of carbonyl (C=O) groups excluding carboxylic acids is 1. The van der Waals surface area contributed by atoms with Crippen LogP contribution in [0.4, 0.5) is 10.5 Å². The summed E-state index contributed by atoms with van der Waals surface area (Å²) < 4.78 is 11.4. The fourth-order valence-electron chi connectivity index (χ4n) is 3.98. The van der Waals surface area contributed by atoms with Crippen LogP contribution >= 0.6 is 0 Å². The number of nitrogens with one attached hydrogen (secondary N) is 2. The van der Waals surface area contributed by atoms with E-state index in [-0.39, 0.29) is 6.03 Å². The van der Waals surface area contributed by atoms with Gasteiger partial charge in [-0.05, 0) is 42.8 Å². The number of hydrogen-bond donors (Lipinski definition) is 2. The number of carbonyl (C=O) groups is 1. The lowest BCUT2D eigenvalue weighted by Gasteiger charge is -2.39. The van der Waals surface area contributed by atoms with Crippen molar-refractivity contribution in [2.45, 2.75) is 26.5 Å². The van der Waals surface area contributed by atoms with Crippen LogP contribution in [-0.4, -0.2) is 74.9 Å². The molecule has 0 radical (unpaired) electrons. The van der Waals surface area contributed by atoms with Crippen LogP contribution in [0.25, 0.3) is 0 Å². The van der Waals surface area contributed by atoms with Crippen LogP contribution in [0.5, 0.6) is 5.75 Å². The maximum Gasteiger partial charge on any atom is 0.319 e. The molecule has 1 fully saturated rings. The number of ether oxygens (including phenoxy) is 2. The Morgan fingerprint density at radius 1 is 1.00 bits per heavy atom. The summed E-state index contributed by atoms with van der Waals surface area (Å²) in [7, 11) is 2.16. The number of para-hydroxylation sites is 1. The van der Waals surface area contributed by atoms with E-state index in [1.807, 2.05) is 54.6 Å². The van der Waals surface area contributed by atoms with Crippen LogP contribution in [0.3, 0.4) is 0 Å². The molecule has 7 nitrogen and oxygen atoms in total. The third-order valence-electron chi connectivity index (χ3n) is 5.94. The van der Waals surface area contributed by atoms with Crippen molar-refractivity contribution in [1.82, 2.24) is 15.1 Å². The number of amides is 2. The van der Waals surface area contributed by atoms with Crippen LogP contribution in [0, 0.1) is 5.92 Å². The topological polar surface area (TPSA) is 66.1 Å². The second kappa shape index (κ2) is 13.2. The molecule has 3 rings (SSSR count). The van der Waals surface area contributed by atoms with Crippen molar-refractivity contribution >= 4 is 11.7 Å². The minimum absolute atomic E-state index is 0.177. The quantitative estimate of drug-likeness (QED) is 0.507. The lowest BCUT2D eigenvalue weighted by molar-refractivity contribution is 0.0889. The maximum atomic E-state index is 12.5. The van der Waals surface area contributed by atoms with E-state index in [9.17, 15) is 4.79 Å². The van der Waals surface area contributed by atoms with Crippen molar-refractivity contribution in [1.29, 1.82) is 0 Å². The number of anilines is 1. The Balaban J connectivity index is 1.39. The number of benzene rings is 2. The molecule has 7 heteroatoms. The molecule has 1 saturated heterocycles. The number of likely N-dealkylation sites (N-methyl/N-ethyl adjacent to an activating group) is 1.